The van der Waals surface area contributed by atoms with Crippen molar-refractivity contribution in [3.05, 3.63) is 59.0 Å². The van der Waals surface area contributed by atoms with Gasteiger partial charge in [0.1, 0.15) is 16.7 Å². The van der Waals surface area contributed by atoms with Crippen LogP contribution in [0.25, 0.3) is 6.08 Å². The van der Waals surface area contributed by atoms with Crippen molar-refractivity contribution in [2.75, 3.05) is 26.4 Å². The van der Waals surface area contributed by atoms with Crippen molar-refractivity contribution < 1.29 is 19.0 Å². The van der Waals surface area contributed by atoms with E-state index in [-0.39, 0.29) is 5.91 Å². The summed E-state index contributed by atoms with van der Waals surface area (Å²) in [4.78, 5) is 14.9. The van der Waals surface area contributed by atoms with E-state index in [1.54, 1.807) is 4.90 Å². The van der Waals surface area contributed by atoms with Gasteiger partial charge in [-0.05, 0) is 49.8 Å². The average molecular weight is 430 g/mol. The fourth-order valence-corrected chi connectivity index (χ4v) is 4.08. The molecule has 0 aliphatic carbocycles. The van der Waals surface area contributed by atoms with Crippen LogP contribution in [0.1, 0.15) is 19.4 Å². The Kier molecular flexibility index (Phi) is 7.55. The Hall–Kier alpha value is -2.51. The van der Waals surface area contributed by atoms with Gasteiger partial charge in [0.2, 0.25) is 0 Å². The molecule has 1 saturated heterocycles. The molecule has 1 heterocycles. The van der Waals surface area contributed by atoms with Crippen molar-refractivity contribution in [3.8, 4) is 17.2 Å². The number of benzene rings is 2. The molecule has 0 N–H and O–H groups in total. The molecule has 3 rings (SSSR count). The van der Waals surface area contributed by atoms with Crippen LogP contribution in [-0.4, -0.2) is 41.5 Å². The first-order valence-electron chi connectivity index (χ1n) is 9.45. The van der Waals surface area contributed by atoms with Gasteiger partial charge in [-0.2, -0.15) is 0 Å². The summed E-state index contributed by atoms with van der Waals surface area (Å²) in [5.41, 5.74) is 0.859. The molecule has 0 unspecified atom stereocenters. The molecule has 2 aromatic rings. The van der Waals surface area contributed by atoms with Crippen LogP contribution in [0.5, 0.6) is 17.2 Å². The molecule has 0 spiro atoms. The maximum absolute atomic E-state index is 12.8. The van der Waals surface area contributed by atoms with Crippen molar-refractivity contribution in [3.63, 3.8) is 0 Å². The SMILES string of the molecule is CCOc1ccc(/C=C2\SC(=S)N(CCOc3ccccc3)C2=O)cc1OCC. The number of hydrogen-bond donors (Lipinski definition) is 0. The van der Waals surface area contributed by atoms with Gasteiger partial charge in [0, 0.05) is 0 Å². The molecule has 0 bridgehead atoms. The van der Waals surface area contributed by atoms with Crippen LogP contribution in [0.2, 0.25) is 0 Å². The van der Waals surface area contributed by atoms with Crippen LogP contribution in [0.3, 0.4) is 0 Å². The minimum Gasteiger partial charge on any atom is -0.492 e. The monoisotopic (exact) mass is 429 g/mol. The van der Waals surface area contributed by atoms with E-state index in [9.17, 15) is 4.79 Å². The van der Waals surface area contributed by atoms with Crippen molar-refractivity contribution >= 4 is 40.3 Å². The molecule has 1 fully saturated rings. The van der Waals surface area contributed by atoms with Crippen molar-refractivity contribution in [1.29, 1.82) is 0 Å². The molecular weight excluding hydrogens is 406 g/mol. The fourth-order valence-electron chi connectivity index (χ4n) is 2.77. The molecule has 0 aromatic heterocycles. The second kappa shape index (κ2) is 10.3. The van der Waals surface area contributed by atoms with Crippen LogP contribution >= 0.6 is 24.0 Å². The number of hydrogen-bond acceptors (Lipinski definition) is 6. The number of thioether (sulfide) groups is 1. The summed E-state index contributed by atoms with van der Waals surface area (Å²) in [5, 5.41) is 0. The summed E-state index contributed by atoms with van der Waals surface area (Å²) in [5.74, 6) is 2.02. The van der Waals surface area contributed by atoms with E-state index < -0.39 is 0 Å². The van der Waals surface area contributed by atoms with Gasteiger partial charge in [-0.3, -0.25) is 9.69 Å². The van der Waals surface area contributed by atoms with Gasteiger partial charge in [0.05, 0.1) is 24.7 Å². The number of para-hydroxylation sites is 1. The van der Waals surface area contributed by atoms with Gasteiger partial charge in [-0.25, -0.2) is 0 Å². The van der Waals surface area contributed by atoms with Crippen LogP contribution in [0.15, 0.2) is 53.4 Å². The zero-order chi connectivity index (χ0) is 20.6. The van der Waals surface area contributed by atoms with Crippen molar-refractivity contribution in [2.24, 2.45) is 0 Å². The lowest BCUT2D eigenvalue weighted by molar-refractivity contribution is -0.122. The molecule has 29 heavy (non-hydrogen) atoms. The van der Waals surface area contributed by atoms with E-state index in [0.717, 1.165) is 11.3 Å². The van der Waals surface area contributed by atoms with E-state index in [1.807, 2.05) is 68.5 Å². The smallest absolute Gasteiger partial charge is 0.266 e. The first kappa shape index (κ1) is 21.2. The third kappa shape index (κ3) is 5.52. The standard InChI is InChI=1S/C22H23NO4S2/c1-3-25-18-11-10-16(14-19(18)26-4-2)15-20-21(24)23(22(28)29-20)12-13-27-17-8-6-5-7-9-17/h5-11,14-15H,3-4,12-13H2,1-2H3/b20-15-. The fraction of sp³-hybridized carbons (Fsp3) is 0.273. The predicted octanol–water partition coefficient (Wildman–Crippen LogP) is 4.76. The first-order chi connectivity index (χ1) is 14.1. The zero-order valence-electron chi connectivity index (χ0n) is 16.4. The van der Waals surface area contributed by atoms with Crippen LogP contribution < -0.4 is 14.2 Å². The van der Waals surface area contributed by atoms with Gasteiger partial charge in [-0.1, -0.05) is 48.2 Å². The molecule has 152 valence electrons. The summed E-state index contributed by atoms with van der Waals surface area (Å²) in [6.45, 7) is 5.73. The second-order valence-corrected chi connectivity index (χ2v) is 7.74. The number of amides is 1. The third-order valence-electron chi connectivity index (χ3n) is 4.07. The van der Waals surface area contributed by atoms with Gasteiger partial charge in [0.15, 0.2) is 11.5 Å². The number of rotatable bonds is 9. The Balaban J connectivity index is 1.68. The summed E-state index contributed by atoms with van der Waals surface area (Å²) in [6.07, 6.45) is 1.83. The second-order valence-electron chi connectivity index (χ2n) is 6.07. The largest absolute Gasteiger partial charge is 0.492 e. The van der Waals surface area contributed by atoms with Gasteiger partial charge in [0.25, 0.3) is 5.91 Å². The van der Waals surface area contributed by atoms with Gasteiger partial charge >= 0.3 is 0 Å². The number of carbonyl (C=O) groups excluding carboxylic acids is 1. The predicted molar refractivity (Wildman–Crippen MR) is 121 cm³/mol. The lowest BCUT2D eigenvalue weighted by Crippen LogP contribution is -2.32. The van der Waals surface area contributed by atoms with E-state index in [0.29, 0.717) is 47.1 Å². The molecule has 0 atom stereocenters. The number of carbonyl (C=O) groups is 1. The van der Waals surface area contributed by atoms with Crippen molar-refractivity contribution in [1.82, 2.24) is 4.90 Å². The van der Waals surface area contributed by atoms with Crippen LogP contribution in [0, 0.1) is 0 Å². The number of ether oxygens (including phenoxy) is 3. The quantitative estimate of drug-likeness (QED) is 0.423. The molecule has 7 heteroatoms. The molecule has 1 amide bonds. The van der Waals surface area contributed by atoms with Gasteiger partial charge < -0.3 is 14.2 Å². The molecule has 2 aromatic carbocycles. The van der Waals surface area contributed by atoms with Gasteiger partial charge in [-0.15, -0.1) is 0 Å². The molecule has 0 saturated carbocycles. The van der Waals surface area contributed by atoms with E-state index in [1.165, 1.54) is 11.8 Å². The highest BCUT2D eigenvalue weighted by molar-refractivity contribution is 8.26. The van der Waals surface area contributed by atoms with Crippen LogP contribution in [0.4, 0.5) is 0 Å². The van der Waals surface area contributed by atoms with Crippen LogP contribution in [-0.2, 0) is 4.79 Å². The highest BCUT2D eigenvalue weighted by atomic mass is 32.2. The Bertz CT molecular complexity index is 899. The highest BCUT2D eigenvalue weighted by Gasteiger charge is 2.31. The molecule has 0 radical (unpaired) electrons. The molecule has 1 aliphatic rings. The lowest BCUT2D eigenvalue weighted by atomic mass is 10.2. The molecule has 1 aliphatic heterocycles. The zero-order valence-corrected chi connectivity index (χ0v) is 18.1. The van der Waals surface area contributed by atoms with E-state index in [4.69, 9.17) is 26.4 Å². The van der Waals surface area contributed by atoms with E-state index >= 15 is 0 Å². The minimum atomic E-state index is -0.108. The maximum atomic E-state index is 12.8. The molecule has 5 nitrogen and oxygen atoms in total. The summed E-state index contributed by atoms with van der Waals surface area (Å²) >= 11 is 6.69. The average Bonchev–Trinajstić information content (AvgIpc) is 2.98. The number of thiocarbonyl (C=S) groups is 1. The highest BCUT2D eigenvalue weighted by Crippen LogP contribution is 2.34. The Labute approximate surface area is 180 Å². The maximum Gasteiger partial charge on any atom is 0.266 e. The van der Waals surface area contributed by atoms with E-state index in [2.05, 4.69) is 0 Å². The molecular formula is C22H23NO4S2. The Morgan fingerprint density at radius 3 is 2.45 bits per heavy atom. The first-order valence-corrected chi connectivity index (χ1v) is 10.7. The minimum absolute atomic E-state index is 0.108. The van der Waals surface area contributed by atoms with Crippen molar-refractivity contribution in [2.45, 2.75) is 13.8 Å². The summed E-state index contributed by atoms with van der Waals surface area (Å²) < 4.78 is 17.5. The Morgan fingerprint density at radius 1 is 1.00 bits per heavy atom. The Morgan fingerprint density at radius 2 is 1.72 bits per heavy atom. The summed E-state index contributed by atoms with van der Waals surface area (Å²) in [6, 6.07) is 15.1. The number of nitrogens with zero attached hydrogens (tertiary/aromatic N) is 1. The topological polar surface area (TPSA) is 48.0 Å². The summed E-state index contributed by atoms with van der Waals surface area (Å²) in [7, 11) is 0. The third-order valence-corrected chi connectivity index (χ3v) is 5.44. The normalized spacial score (nSPS) is 15.1. The lowest BCUT2D eigenvalue weighted by Gasteiger charge is -2.15.